The third-order valence-electron chi connectivity index (χ3n) is 2.95. The van der Waals surface area contributed by atoms with Crippen molar-refractivity contribution in [1.82, 2.24) is 4.31 Å². The van der Waals surface area contributed by atoms with E-state index < -0.39 is 15.8 Å². The maximum atomic E-state index is 13.3. The zero-order chi connectivity index (χ0) is 13.9. The molecule has 0 aliphatic rings. The minimum absolute atomic E-state index is 0.0569. The average Bonchev–Trinajstić information content (AvgIpc) is 2.32. The first kappa shape index (κ1) is 14.9. The van der Waals surface area contributed by atoms with Gasteiger partial charge in [0.25, 0.3) is 0 Å². The van der Waals surface area contributed by atoms with E-state index in [1.165, 1.54) is 23.5 Å². The second-order valence-electron chi connectivity index (χ2n) is 4.48. The van der Waals surface area contributed by atoms with Crippen LogP contribution in [0.3, 0.4) is 0 Å². The van der Waals surface area contributed by atoms with Gasteiger partial charge in [-0.3, -0.25) is 0 Å². The molecule has 0 aromatic heterocycles. The largest absolute Gasteiger partial charge is 0.396 e. The number of sulfonamides is 1. The lowest BCUT2D eigenvalue weighted by molar-refractivity contribution is 0.393. The van der Waals surface area contributed by atoms with E-state index in [1.54, 1.807) is 0 Å². The van der Waals surface area contributed by atoms with Crippen molar-refractivity contribution in [2.45, 2.75) is 25.2 Å². The molecule has 0 amide bonds. The number of hydrogen-bond donors (Lipinski definition) is 1. The van der Waals surface area contributed by atoms with Crippen LogP contribution in [-0.4, -0.2) is 26.3 Å². The standard InChI is InChI=1S/C12H19FN2O2S/c1-4-9(2)8-15(3)18(16,17)10-5-6-12(14)11(13)7-10/h5-7,9H,4,8,14H2,1-3H3. The van der Waals surface area contributed by atoms with Gasteiger partial charge in [-0.15, -0.1) is 0 Å². The Morgan fingerprint density at radius 2 is 2.06 bits per heavy atom. The van der Waals surface area contributed by atoms with Gasteiger partial charge >= 0.3 is 0 Å². The van der Waals surface area contributed by atoms with Crippen LogP contribution in [0.4, 0.5) is 10.1 Å². The SMILES string of the molecule is CCC(C)CN(C)S(=O)(=O)c1ccc(N)c(F)c1. The summed E-state index contributed by atoms with van der Waals surface area (Å²) in [4.78, 5) is -0.0694. The number of hydrogen-bond acceptors (Lipinski definition) is 3. The van der Waals surface area contributed by atoms with Crippen molar-refractivity contribution in [1.29, 1.82) is 0 Å². The van der Waals surface area contributed by atoms with E-state index >= 15 is 0 Å². The molecule has 2 N–H and O–H groups in total. The van der Waals surface area contributed by atoms with E-state index in [4.69, 9.17) is 5.73 Å². The maximum Gasteiger partial charge on any atom is 0.242 e. The summed E-state index contributed by atoms with van der Waals surface area (Å²) in [6, 6.07) is 3.54. The molecule has 0 radical (unpaired) electrons. The molecule has 4 nitrogen and oxygen atoms in total. The first-order valence-corrected chi connectivity index (χ1v) is 7.24. The fraction of sp³-hybridized carbons (Fsp3) is 0.500. The van der Waals surface area contributed by atoms with Gasteiger partial charge in [0.05, 0.1) is 10.6 Å². The predicted molar refractivity (Wildman–Crippen MR) is 70.1 cm³/mol. The minimum atomic E-state index is -3.65. The van der Waals surface area contributed by atoms with Crippen molar-refractivity contribution in [2.24, 2.45) is 5.92 Å². The highest BCUT2D eigenvalue weighted by Gasteiger charge is 2.22. The van der Waals surface area contributed by atoms with Crippen LogP contribution in [0.5, 0.6) is 0 Å². The molecule has 1 aromatic carbocycles. The second kappa shape index (κ2) is 5.67. The van der Waals surface area contributed by atoms with E-state index in [2.05, 4.69) is 0 Å². The van der Waals surface area contributed by atoms with Crippen molar-refractivity contribution in [3.63, 3.8) is 0 Å². The van der Waals surface area contributed by atoms with Crippen molar-refractivity contribution >= 4 is 15.7 Å². The Labute approximate surface area is 108 Å². The van der Waals surface area contributed by atoms with Crippen LogP contribution in [-0.2, 0) is 10.0 Å². The smallest absolute Gasteiger partial charge is 0.242 e. The van der Waals surface area contributed by atoms with Gasteiger partial charge in [0.15, 0.2) is 0 Å². The number of benzene rings is 1. The van der Waals surface area contributed by atoms with Gasteiger partial charge in [0.2, 0.25) is 10.0 Å². The van der Waals surface area contributed by atoms with Gasteiger partial charge in [0.1, 0.15) is 5.82 Å². The molecule has 0 saturated carbocycles. The zero-order valence-electron chi connectivity index (χ0n) is 10.9. The van der Waals surface area contributed by atoms with Crippen LogP contribution in [0.2, 0.25) is 0 Å². The molecular formula is C12H19FN2O2S. The molecule has 0 saturated heterocycles. The molecule has 6 heteroatoms. The summed E-state index contributed by atoms with van der Waals surface area (Å²) >= 11 is 0. The Morgan fingerprint density at radius 3 is 2.56 bits per heavy atom. The summed E-state index contributed by atoms with van der Waals surface area (Å²) < 4.78 is 38.9. The van der Waals surface area contributed by atoms with E-state index in [-0.39, 0.29) is 16.5 Å². The van der Waals surface area contributed by atoms with E-state index in [0.717, 1.165) is 12.5 Å². The van der Waals surface area contributed by atoms with Gasteiger partial charge in [-0.05, 0) is 24.1 Å². The van der Waals surface area contributed by atoms with E-state index in [1.807, 2.05) is 13.8 Å². The number of halogens is 1. The first-order valence-electron chi connectivity index (χ1n) is 5.80. The lowest BCUT2D eigenvalue weighted by atomic mass is 10.1. The normalized spacial score (nSPS) is 13.8. The second-order valence-corrected chi connectivity index (χ2v) is 6.53. The number of nitrogen functional groups attached to an aromatic ring is 1. The zero-order valence-corrected chi connectivity index (χ0v) is 11.7. The molecular weight excluding hydrogens is 255 g/mol. The molecule has 0 spiro atoms. The highest BCUT2D eigenvalue weighted by atomic mass is 32.2. The third kappa shape index (κ3) is 3.20. The molecule has 1 atom stereocenters. The monoisotopic (exact) mass is 274 g/mol. The van der Waals surface area contributed by atoms with Gasteiger partial charge in [-0.2, -0.15) is 0 Å². The summed E-state index contributed by atoms with van der Waals surface area (Å²) in [5, 5.41) is 0. The number of nitrogens with zero attached hydrogens (tertiary/aromatic N) is 1. The molecule has 0 heterocycles. The number of nitrogens with two attached hydrogens (primary N) is 1. The Kier molecular flexibility index (Phi) is 4.70. The Bertz CT molecular complexity index is 517. The van der Waals surface area contributed by atoms with Crippen LogP contribution >= 0.6 is 0 Å². The first-order chi connectivity index (χ1) is 8.28. The quantitative estimate of drug-likeness (QED) is 0.836. The Morgan fingerprint density at radius 1 is 1.44 bits per heavy atom. The molecule has 102 valence electrons. The molecule has 0 aliphatic carbocycles. The maximum absolute atomic E-state index is 13.3. The number of anilines is 1. The fourth-order valence-corrected chi connectivity index (χ4v) is 2.82. The van der Waals surface area contributed by atoms with Gasteiger partial charge in [-0.25, -0.2) is 17.1 Å². The average molecular weight is 274 g/mol. The van der Waals surface area contributed by atoms with Crippen molar-refractivity contribution < 1.29 is 12.8 Å². The highest BCUT2D eigenvalue weighted by Crippen LogP contribution is 2.20. The Balaban J connectivity index is 3.02. The summed E-state index contributed by atoms with van der Waals surface area (Å²) in [5.74, 6) is -0.462. The van der Waals surface area contributed by atoms with Gasteiger partial charge < -0.3 is 5.73 Å². The molecule has 1 aromatic rings. The van der Waals surface area contributed by atoms with Crippen molar-refractivity contribution in [3.05, 3.63) is 24.0 Å². The molecule has 0 aliphatic heterocycles. The van der Waals surface area contributed by atoms with Crippen molar-refractivity contribution in [2.75, 3.05) is 19.3 Å². The fourth-order valence-electron chi connectivity index (χ4n) is 1.51. The van der Waals surface area contributed by atoms with Crippen LogP contribution in [0.25, 0.3) is 0 Å². The molecule has 1 rings (SSSR count). The van der Waals surface area contributed by atoms with Gasteiger partial charge in [0, 0.05) is 13.6 Å². The van der Waals surface area contributed by atoms with Crippen molar-refractivity contribution in [3.8, 4) is 0 Å². The summed E-state index contributed by atoms with van der Waals surface area (Å²) in [6.07, 6.45) is 0.885. The topological polar surface area (TPSA) is 63.4 Å². The third-order valence-corrected chi connectivity index (χ3v) is 4.77. The van der Waals surface area contributed by atoms with Crippen LogP contribution in [0, 0.1) is 11.7 Å². The molecule has 1 unspecified atom stereocenters. The Hall–Kier alpha value is -1.14. The highest BCUT2D eigenvalue weighted by molar-refractivity contribution is 7.89. The van der Waals surface area contributed by atoms with E-state index in [0.29, 0.717) is 6.54 Å². The van der Waals surface area contributed by atoms with E-state index in [9.17, 15) is 12.8 Å². The summed E-state index contributed by atoms with van der Waals surface area (Å²) in [7, 11) is -2.15. The molecule has 18 heavy (non-hydrogen) atoms. The summed E-state index contributed by atoms with van der Waals surface area (Å²) in [5.41, 5.74) is 5.27. The molecule has 0 bridgehead atoms. The predicted octanol–water partition coefficient (Wildman–Crippen LogP) is 2.07. The molecule has 0 fully saturated rings. The lowest BCUT2D eigenvalue weighted by Crippen LogP contribution is -2.31. The van der Waals surface area contributed by atoms with Crippen LogP contribution < -0.4 is 5.73 Å². The number of rotatable bonds is 5. The summed E-state index contributed by atoms with van der Waals surface area (Å²) in [6.45, 7) is 4.37. The van der Waals surface area contributed by atoms with Crippen LogP contribution in [0.15, 0.2) is 23.1 Å². The lowest BCUT2D eigenvalue weighted by Gasteiger charge is -2.20. The van der Waals surface area contributed by atoms with Gasteiger partial charge in [-0.1, -0.05) is 20.3 Å². The minimum Gasteiger partial charge on any atom is -0.396 e. The van der Waals surface area contributed by atoms with Crippen LogP contribution in [0.1, 0.15) is 20.3 Å².